The van der Waals surface area contributed by atoms with Gasteiger partial charge < -0.3 is 10.2 Å². The highest BCUT2D eigenvalue weighted by molar-refractivity contribution is 5.93. The third-order valence-corrected chi connectivity index (χ3v) is 4.19. The summed E-state index contributed by atoms with van der Waals surface area (Å²) < 4.78 is 1.75. The van der Waals surface area contributed by atoms with Crippen molar-refractivity contribution in [3.63, 3.8) is 0 Å². The molecule has 0 atom stereocenters. The van der Waals surface area contributed by atoms with E-state index in [0.717, 1.165) is 13.0 Å². The van der Waals surface area contributed by atoms with Crippen LogP contribution in [0.2, 0.25) is 0 Å². The lowest BCUT2D eigenvalue weighted by Crippen LogP contribution is -2.43. The monoisotopic (exact) mass is 348 g/mol. The van der Waals surface area contributed by atoms with Gasteiger partial charge in [-0.2, -0.15) is 4.57 Å². The lowest BCUT2D eigenvalue weighted by atomic mass is 10.1. The summed E-state index contributed by atoms with van der Waals surface area (Å²) in [7, 11) is 3.44. The van der Waals surface area contributed by atoms with Gasteiger partial charge in [0.1, 0.15) is 5.56 Å². The average Bonchev–Trinajstić information content (AvgIpc) is 2.59. The zero-order chi connectivity index (χ0) is 18.5. The van der Waals surface area contributed by atoms with E-state index in [1.807, 2.05) is 6.20 Å². The van der Waals surface area contributed by atoms with Crippen LogP contribution in [0.1, 0.15) is 68.6 Å². The standard InChI is InChI=1S/C20H33N3O2/c1-4-5-6-7-8-9-10-11-14-21-19(24)17-23-15-12-13-18(16-23)20(25)22(2)3/h12-13,15-16H,4-11,14,17H2,1-3H3/p+1. The molecule has 0 bridgehead atoms. The number of rotatable bonds is 12. The number of unbranched alkanes of at least 4 members (excludes halogenated alkanes) is 7. The van der Waals surface area contributed by atoms with Gasteiger partial charge >= 0.3 is 0 Å². The number of pyridine rings is 1. The van der Waals surface area contributed by atoms with Gasteiger partial charge in [-0.3, -0.25) is 9.59 Å². The fraction of sp³-hybridized carbons (Fsp3) is 0.650. The molecule has 1 rings (SSSR count). The van der Waals surface area contributed by atoms with Crippen LogP contribution < -0.4 is 9.88 Å². The Balaban J connectivity index is 2.20. The van der Waals surface area contributed by atoms with Crippen LogP contribution in [0.4, 0.5) is 0 Å². The molecule has 1 aromatic heterocycles. The zero-order valence-corrected chi connectivity index (χ0v) is 16.1. The van der Waals surface area contributed by atoms with Crippen LogP contribution in [-0.4, -0.2) is 37.4 Å². The van der Waals surface area contributed by atoms with Crippen LogP contribution in [0, 0.1) is 0 Å². The Labute approximate surface area is 152 Å². The number of nitrogens with one attached hydrogen (secondary N) is 1. The lowest BCUT2D eigenvalue weighted by Gasteiger charge is -2.09. The first-order valence-corrected chi connectivity index (χ1v) is 9.52. The van der Waals surface area contributed by atoms with Gasteiger partial charge in [0.25, 0.3) is 11.8 Å². The Morgan fingerprint density at radius 2 is 1.68 bits per heavy atom. The summed E-state index contributed by atoms with van der Waals surface area (Å²) in [6, 6.07) is 3.56. The van der Waals surface area contributed by atoms with Gasteiger partial charge in [-0.05, 0) is 12.5 Å². The minimum atomic E-state index is -0.0614. The molecule has 0 saturated heterocycles. The molecule has 0 aliphatic heterocycles. The highest BCUT2D eigenvalue weighted by Crippen LogP contribution is 2.07. The number of hydrogen-bond acceptors (Lipinski definition) is 2. The van der Waals surface area contributed by atoms with Crippen molar-refractivity contribution in [1.29, 1.82) is 0 Å². The SMILES string of the molecule is CCCCCCCCCCNC(=O)C[n+]1cccc(C(=O)N(C)C)c1. The third kappa shape index (κ3) is 9.22. The Kier molecular flexibility index (Phi) is 10.5. The van der Waals surface area contributed by atoms with Crippen LogP contribution in [0.5, 0.6) is 0 Å². The van der Waals surface area contributed by atoms with Crippen molar-refractivity contribution in [2.24, 2.45) is 0 Å². The molecule has 0 aliphatic rings. The summed E-state index contributed by atoms with van der Waals surface area (Å²) in [5.74, 6) is -0.0731. The van der Waals surface area contributed by atoms with Gasteiger partial charge in [0.05, 0.1) is 0 Å². The normalized spacial score (nSPS) is 10.5. The molecule has 0 radical (unpaired) electrons. The maximum atomic E-state index is 12.0. The van der Waals surface area contributed by atoms with E-state index < -0.39 is 0 Å². The third-order valence-electron chi connectivity index (χ3n) is 4.19. The minimum Gasteiger partial charge on any atom is -0.351 e. The molecule has 5 heteroatoms. The minimum absolute atomic E-state index is 0.0117. The van der Waals surface area contributed by atoms with Gasteiger partial charge in [-0.1, -0.05) is 51.9 Å². The number of hydrogen-bond donors (Lipinski definition) is 1. The van der Waals surface area contributed by atoms with Crippen LogP contribution in [0.3, 0.4) is 0 Å². The van der Waals surface area contributed by atoms with E-state index >= 15 is 0 Å². The van der Waals surface area contributed by atoms with Crippen molar-refractivity contribution >= 4 is 11.8 Å². The van der Waals surface area contributed by atoms with Crippen molar-refractivity contribution in [3.8, 4) is 0 Å². The molecule has 0 aromatic carbocycles. The smallest absolute Gasteiger partial charge is 0.285 e. The maximum absolute atomic E-state index is 12.0. The number of carbonyl (C=O) groups excluding carboxylic acids is 2. The molecular formula is C20H34N3O2+. The lowest BCUT2D eigenvalue weighted by molar-refractivity contribution is -0.684. The molecule has 1 aromatic rings. The fourth-order valence-corrected chi connectivity index (χ4v) is 2.71. The molecule has 0 fully saturated rings. The van der Waals surface area contributed by atoms with Crippen molar-refractivity contribution < 1.29 is 14.2 Å². The summed E-state index contributed by atoms with van der Waals surface area (Å²) in [4.78, 5) is 25.5. The summed E-state index contributed by atoms with van der Waals surface area (Å²) in [5, 5.41) is 2.96. The van der Waals surface area contributed by atoms with Gasteiger partial charge in [0, 0.05) is 26.7 Å². The van der Waals surface area contributed by atoms with E-state index in [-0.39, 0.29) is 18.4 Å². The molecule has 0 spiro atoms. The highest BCUT2D eigenvalue weighted by Gasteiger charge is 2.14. The van der Waals surface area contributed by atoms with E-state index in [0.29, 0.717) is 5.56 Å². The second-order valence-electron chi connectivity index (χ2n) is 6.79. The largest absolute Gasteiger partial charge is 0.351 e. The van der Waals surface area contributed by atoms with E-state index in [9.17, 15) is 9.59 Å². The van der Waals surface area contributed by atoms with Gasteiger partial charge in [0.15, 0.2) is 12.4 Å². The molecule has 140 valence electrons. The fourth-order valence-electron chi connectivity index (χ4n) is 2.71. The van der Waals surface area contributed by atoms with Crippen LogP contribution >= 0.6 is 0 Å². The topological polar surface area (TPSA) is 53.3 Å². The summed E-state index contributed by atoms with van der Waals surface area (Å²) in [6.45, 7) is 3.20. The van der Waals surface area contributed by atoms with E-state index in [1.165, 1.54) is 49.8 Å². The van der Waals surface area contributed by atoms with Gasteiger partial charge in [-0.25, -0.2) is 0 Å². The molecule has 0 unspecified atom stereocenters. The molecule has 0 saturated carbocycles. The summed E-state index contributed by atoms with van der Waals surface area (Å²) in [5.41, 5.74) is 0.586. The number of amides is 2. The highest BCUT2D eigenvalue weighted by atomic mass is 16.2. The number of nitrogens with zero attached hydrogens (tertiary/aromatic N) is 2. The second kappa shape index (κ2) is 12.5. The Bertz CT molecular complexity index is 529. The molecule has 2 amide bonds. The van der Waals surface area contributed by atoms with Gasteiger partial charge in [-0.15, -0.1) is 0 Å². The molecule has 1 N–H and O–H groups in total. The Hall–Kier alpha value is -1.91. The van der Waals surface area contributed by atoms with Crippen LogP contribution in [0.25, 0.3) is 0 Å². The summed E-state index contributed by atoms with van der Waals surface area (Å²) >= 11 is 0. The molecule has 5 nitrogen and oxygen atoms in total. The molecule has 0 aliphatic carbocycles. The number of carbonyl (C=O) groups is 2. The van der Waals surface area contributed by atoms with E-state index in [1.54, 1.807) is 37.0 Å². The predicted molar refractivity (Wildman–Crippen MR) is 100 cm³/mol. The first kappa shape index (κ1) is 21.1. The van der Waals surface area contributed by atoms with Crippen molar-refractivity contribution in [1.82, 2.24) is 10.2 Å². The van der Waals surface area contributed by atoms with Crippen molar-refractivity contribution in [2.45, 2.75) is 64.8 Å². The Morgan fingerprint density at radius 1 is 1.04 bits per heavy atom. The number of aromatic nitrogens is 1. The predicted octanol–water partition coefficient (Wildman–Crippen LogP) is 2.93. The second-order valence-corrected chi connectivity index (χ2v) is 6.79. The van der Waals surface area contributed by atoms with Gasteiger partial charge in [0.2, 0.25) is 6.54 Å². The maximum Gasteiger partial charge on any atom is 0.285 e. The van der Waals surface area contributed by atoms with Crippen molar-refractivity contribution in [3.05, 3.63) is 30.1 Å². The quantitative estimate of drug-likeness (QED) is 0.466. The first-order valence-electron chi connectivity index (χ1n) is 9.52. The molecule has 1 heterocycles. The zero-order valence-electron chi connectivity index (χ0n) is 16.1. The molecule has 25 heavy (non-hydrogen) atoms. The Morgan fingerprint density at radius 3 is 2.32 bits per heavy atom. The first-order chi connectivity index (χ1) is 12.0. The van der Waals surface area contributed by atoms with Crippen LogP contribution in [-0.2, 0) is 11.3 Å². The molecular weight excluding hydrogens is 314 g/mol. The van der Waals surface area contributed by atoms with E-state index in [4.69, 9.17) is 0 Å². The average molecular weight is 349 g/mol. The van der Waals surface area contributed by atoms with Crippen molar-refractivity contribution in [2.75, 3.05) is 20.6 Å². The van der Waals surface area contributed by atoms with E-state index in [2.05, 4.69) is 12.2 Å². The van der Waals surface area contributed by atoms with Crippen LogP contribution in [0.15, 0.2) is 24.5 Å². The summed E-state index contributed by atoms with van der Waals surface area (Å²) in [6.07, 6.45) is 13.6.